The molecule has 2 aliphatic heterocycles. The Labute approximate surface area is 82.6 Å². The monoisotopic (exact) mass is 194 g/mol. The van der Waals surface area contributed by atoms with E-state index in [-0.39, 0.29) is 16.9 Å². The molecule has 4 nitrogen and oxygen atoms in total. The van der Waals surface area contributed by atoms with Gasteiger partial charge in [-0.25, -0.2) is 0 Å². The Morgan fingerprint density at radius 3 is 2.43 bits per heavy atom. The molecule has 3 aliphatic rings. The maximum Gasteiger partial charge on any atom is 0.229 e. The van der Waals surface area contributed by atoms with E-state index in [1.54, 1.807) is 0 Å². The Morgan fingerprint density at radius 1 is 1.43 bits per heavy atom. The zero-order chi connectivity index (χ0) is 9.97. The minimum Gasteiger partial charge on any atom is -0.354 e. The lowest BCUT2D eigenvalue weighted by atomic mass is 9.67. The van der Waals surface area contributed by atoms with Crippen molar-refractivity contribution in [2.24, 2.45) is 5.41 Å². The van der Waals surface area contributed by atoms with Gasteiger partial charge < -0.3 is 5.32 Å². The van der Waals surface area contributed by atoms with Crippen molar-refractivity contribution in [3.63, 3.8) is 0 Å². The molecule has 76 valence electrons. The third kappa shape index (κ3) is 0.704. The summed E-state index contributed by atoms with van der Waals surface area (Å²) in [6.07, 6.45) is 2.39. The number of hydrogen-bond acceptors (Lipinski definition) is 3. The minimum absolute atomic E-state index is 0.140. The van der Waals surface area contributed by atoms with Gasteiger partial charge in [0.05, 0.1) is 11.0 Å². The molecule has 0 aromatic heterocycles. The van der Waals surface area contributed by atoms with E-state index in [1.165, 1.54) is 0 Å². The van der Waals surface area contributed by atoms with Gasteiger partial charge in [0, 0.05) is 19.5 Å². The summed E-state index contributed by atoms with van der Waals surface area (Å²) in [5, 5.41) is 2.79. The second-order valence-corrected chi connectivity index (χ2v) is 4.95. The van der Waals surface area contributed by atoms with E-state index in [1.807, 2.05) is 7.05 Å². The number of β-lactam (4-membered cyclic amide) rings is 1. The summed E-state index contributed by atoms with van der Waals surface area (Å²) in [6.45, 7) is 1.51. The van der Waals surface area contributed by atoms with Gasteiger partial charge in [0.25, 0.3) is 0 Å². The fraction of sp³-hybridized carbons (Fsp3) is 0.800. The largest absolute Gasteiger partial charge is 0.354 e. The van der Waals surface area contributed by atoms with Crippen LogP contribution in [0.4, 0.5) is 0 Å². The molecule has 1 saturated carbocycles. The van der Waals surface area contributed by atoms with Crippen LogP contribution >= 0.6 is 0 Å². The molecule has 3 rings (SSSR count). The lowest BCUT2D eigenvalue weighted by Gasteiger charge is -2.43. The molecule has 3 fully saturated rings. The quantitative estimate of drug-likeness (QED) is 0.531. The highest BCUT2D eigenvalue weighted by Crippen LogP contribution is 2.51. The molecule has 0 bridgehead atoms. The highest BCUT2D eigenvalue weighted by atomic mass is 16.2. The van der Waals surface area contributed by atoms with Crippen LogP contribution in [0.3, 0.4) is 0 Å². The van der Waals surface area contributed by atoms with Crippen molar-refractivity contribution in [3.8, 4) is 0 Å². The predicted octanol–water partition coefficient (Wildman–Crippen LogP) is -0.460. The van der Waals surface area contributed by atoms with Crippen LogP contribution < -0.4 is 5.32 Å². The van der Waals surface area contributed by atoms with Crippen molar-refractivity contribution in [1.29, 1.82) is 0 Å². The molecule has 1 amide bonds. The number of nitrogens with zero attached hydrogens (tertiary/aromatic N) is 1. The topological polar surface area (TPSA) is 49.4 Å². The van der Waals surface area contributed by atoms with Crippen LogP contribution in [-0.2, 0) is 9.59 Å². The van der Waals surface area contributed by atoms with E-state index in [4.69, 9.17) is 0 Å². The average Bonchev–Trinajstić information content (AvgIpc) is 2.52. The summed E-state index contributed by atoms with van der Waals surface area (Å²) >= 11 is 0. The van der Waals surface area contributed by atoms with E-state index in [2.05, 4.69) is 10.2 Å². The molecule has 2 heterocycles. The summed E-state index contributed by atoms with van der Waals surface area (Å²) in [5.41, 5.74) is -0.497. The zero-order valence-corrected chi connectivity index (χ0v) is 8.30. The molecule has 4 heteroatoms. The maximum atomic E-state index is 11.6. The molecular weight excluding hydrogens is 180 g/mol. The van der Waals surface area contributed by atoms with E-state index in [0.717, 1.165) is 25.9 Å². The summed E-state index contributed by atoms with van der Waals surface area (Å²) in [6, 6.07) is 0. The van der Waals surface area contributed by atoms with Gasteiger partial charge in [-0.2, -0.15) is 0 Å². The lowest BCUT2D eigenvalue weighted by Crippen LogP contribution is -2.60. The Morgan fingerprint density at radius 2 is 2.21 bits per heavy atom. The van der Waals surface area contributed by atoms with Crippen molar-refractivity contribution in [2.75, 3.05) is 20.1 Å². The first kappa shape index (κ1) is 8.41. The van der Waals surface area contributed by atoms with Gasteiger partial charge in [-0.15, -0.1) is 0 Å². The van der Waals surface area contributed by atoms with Crippen LogP contribution in [0.5, 0.6) is 0 Å². The van der Waals surface area contributed by atoms with E-state index in [9.17, 15) is 9.59 Å². The number of hydrogen-bond donors (Lipinski definition) is 1. The third-order valence-electron chi connectivity index (χ3n) is 4.26. The number of likely N-dealkylation sites (N-methyl/N-ethyl adjacent to an activating group) is 1. The standard InChI is InChI=1S/C10H14N2O2/c1-12-6-9(5-11-8(9)14)4-10(12)3-2-7(10)13/h2-6H2,1H3,(H,11,14). The fourth-order valence-electron chi connectivity index (χ4n) is 3.14. The molecule has 0 radical (unpaired) electrons. The fourth-order valence-corrected chi connectivity index (χ4v) is 3.14. The lowest BCUT2D eigenvalue weighted by molar-refractivity contribution is -0.140. The van der Waals surface area contributed by atoms with Gasteiger partial charge in [0.1, 0.15) is 0 Å². The summed E-state index contributed by atoms with van der Waals surface area (Å²) in [4.78, 5) is 25.2. The van der Waals surface area contributed by atoms with E-state index in [0.29, 0.717) is 12.2 Å². The second-order valence-electron chi connectivity index (χ2n) is 4.95. The molecule has 14 heavy (non-hydrogen) atoms. The van der Waals surface area contributed by atoms with Crippen LogP contribution in [0.2, 0.25) is 0 Å². The van der Waals surface area contributed by atoms with Gasteiger partial charge in [0.2, 0.25) is 5.91 Å². The molecule has 2 spiro atoms. The number of carbonyl (C=O) groups is 2. The van der Waals surface area contributed by atoms with Crippen molar-refractivity contribution < 1.29 is 9.59 Å². The first-order chi connectivity index (χ1) is 6.59. The first-order valence-corrected chi connectivity index (χ1v) is 5.12. The SMILES string of the molecule is CN1CC2(CNC2=O)CC12CCC2=O. The number of likely N-dealkylation sites (tertiary alicyclic amines) is 1. The molecule has 1 aliphatic carbocycles. The normalized spacial score (nSPS) is 46.6. The van der Waals surface area contributed by atoms with Crippen LogP contribution in [0, 0.1) is 5.41 Å². The highest BCUT2D eigenvalue weighted by Gasteiger charge is 2.64. The van der Waals surface area contributed by atoms with Crippen molar-refractivity contribution in [1.82, 2.24) is 10.2 Å². The molecule has 0 aromatic rings. The second kappa shape index (κ2) is 2.19. The summed E-state index contributed by atoms with van der Waals surface area (Å²) < 4.78 is 0. The third-order valence-corrected chi connectivity index (χ3v) is 4.26. The average molecular weight is 194 g/mol. The molecule has 2 saturated heterocycles. The Bertz CT molecular complexity index is 341. The van der Waals surface area contributed by atoms with Crippen LogP contribution in [-0.4, -0.2) is 42.3 Å². The van der Waals surface area contributed by atoms with E-state index < -0.39 is 0 Å². The Kier molecular flexibility index (Phi) is 1.31. The first-order valence-electron chi connectivity index (χ1n) is 5.12. The summed E-state index contributed by atoms with van der Waals surface area (Å²) in [5.74, 6) is 0.470. The number of rotatable bonds is 0. The van der Waals surface area contributed by atoms with Crippen LogP contribution in [0.1, 0.15) is 19.3 Å². The Balaban J connectivity index is 1.92. The molecular formula is C10H14N2O2. The van der Waals surface area contributed by atoms with Gasteiger partial charge in [-0.05, 0) is 19.9 Å². The van der Waals surface area contributed by atoms with Crippen molar-refractivity contribution >= 4 is 11.7 Å². The van der Waals surface area contributed by atoms with Gasteiger partial charge in [0.15, 0.2) is 5.78 Å². The smallest absolute Gasteiger partial charge is 0.229 e. The molecule has 2 unspecified atom stereocenters. The summed E-state index contributed by atoms with van der Waals surface area (Å²) in [7, 11) is 1.97. The van der Waals surface area contributed by atoms with Crippen molar-refractivity contribution in [2.45, 2.75) is 24.8 Å². The Hall–Kier alpha value is -0.900. The number of Topliss-reactive ketones (excluding diaryl/α,β-unsaturated/α-hetero) is 1. The molecule has 1 N–H and O–H groups in total. The number of amides is 1. The van der Waals surface area contributed by atoms with Gasteiger partial charge in [-0.3, -0.25) is 14.5 Å². The van der Waals surface area contributed by atoms with Gasteiger partial charge >= 0.3 is 0 Å². The number of nitrogens with one attached hydrogen (secondary N) is 1. The van der Waals surface area contributed by atoms with Gasteiger partial charge in [-0.1, -0.05) is 0 Å². The minimum atomic E-state index is -0.266. The van der Waals surface area contributed by atoms with Crippen molar-refractivity contribution in [3.05, 3.63) is 0 Å². The molecule has 0 aromatic carbocycles. The number of ketones is 1. The van der Waals surface area contributed by atoms with Crippen LogP contribution in [0.25, 0.3) is 0 Å². The zero-order valence-electron chi connectivity index (χ0n) is 8.30. The van der Waals surface area contributed by atoms with Crippen LogP contribution in [0.15, 0.2) is 0 Å². The maximum absolute atomic E-state index is 11.6. The van der Waals surface area contributed by atoms with E-state index >= 15 is 0 Å². The number of carbonyl (C=O) groups excluding carboxylic acids is 2. The predicted molar refractivity (Wildman–Crippen MR) is 49.7 cm³/mol. The highest BCUT2D eigenvalue weighted by molar-refractivity contribution is 5.98. The molecule has 2 atom stereocenters.